The molecule has 0 spiro atoms. The van der Waals surface area contributed by atoms with Gasteiger partial charge in [0.15, 0.2) is 0 Å². The van der Waals surface area contributed by atoms with Gasteiger partial charge in [0.25, 0.3) is 11.8 Å². The summed E-state index contributed by atoms with van der Waals surface area (Å²) in [5.74, 6) is -0.826. The largest absolute Gasteiger partial charge is 0.359 e. The number of hydrogen-bond acceptors (Lipinski definition) is 4. The van der Waals surface area contributed by atoms with Gasteiger partial charge in [0, 0.05) is 11.7 Å². The molecule has 0 bridgehead atoms. The highest BCUT2D eigenvalue weighted by atomic mass is 16.2. The minimum absolute atomic E-state index is 0.0793. The van der Waals surface area contributed by atoms with Crippen molar-refractivity contribution in [3.8, 4) is 0 Å². The Morgan fingerprint density at radius 1 is 1.13 bits per heavy atom. The van der Waals surface area contributed by atoms with Crippen molar-refractivity contribution in [2.24, 2.45) is 0 Å². The monoisotopic (exact) mass is 420 g/mol. The van der Waals surface area contributed by atoms with Gasteiger partial charge in [-0.3, -0.25) is 15.0 Å². The average Bonchev–Trinajstić information content (AvgIpc) is 2.98. The zero-order chi connectivity index (χ0) is 22.0. The van der Waals surface area contributed by atoms with E-state index in [4.69, 9.17) is 0 Å². The molecule has 4 rings (SSSR count). The fraction of sp³-hybridized carbons (Fsp3) is 0.375. The van der Waals surface area contributed by atoms with Crippen LogP contribution in [0, 0.1) is 0 Å². The van der Waals surface area contributed by atoms with Crippen LogP contribution in [0.5, 0.6) is 0 Å². The van der Waals surface area contributed by atoms with Crippen LogP contribution in [0.1, 0.15) is 37.8 Å². The van der Waals surface area contributed by atoms with Crippen molar-refractivity contribution in [1.82, 2.24) is 15.8 Å². The van der Waals surface area contributed by atoms with Gasteiger partial charge in [-0.15, -0.1) is 0 Å². The van der Waals surface area contributed by atoms with Crippen molar-refractivity contribution in [3.63, 3.8) is 0 Å². The van der Waals surface area contributed by atoms with E-state index in [1.807, 2.05) is 53.4 Å². The highest BCUT2D eigenvalue weighted by molar-refractivity contribution is 6.07. The van der Waals surface area contributed by atoms with E-state index in [9.17, 15) is 14.4 Å². The lowest BCUT2D eigenvalue weighted by atomic mass is 9.93. The molecule has 0 radical (unpaired) electrons. The quantitative estimate of drug-likeness (QED) is 0.704. The number of urea groups is 1. The van der Waals surface area contributed by atoms with Gasteiger partial charge in [0.1, 0.15) is 5.54 Å². The van der Waals surface area contributed by atoms with Crippen molar-refractivity contribution in [3.05, 3.63) is 65.7 Å². The summed E-state index contributed by atoms with van der Waals surface area (Å²) in [6.07, 6.45) is 3.02. The van der Waals surface area contributed by atoms with Crippen LogP contribution in [0.2, 0.25) is 0 Å². The van der Waals surface area contributed by atoms with Crippen LogP contribution in [0.25, 0.3) is 0 Å². The normalized spacial score (nSPS) is 22.8. The number of rotatable bonds is 6. The molecule has 2 aliphatic heterocycles. The third-order valence-electron chi connectivity index (χ3n) is 6.23. The molecule has 31 heavy (non-hydrogen) atoms. The second-order valence-corrected chi connectivity index (χ2v) is 8.57. The molecule has 1 fully saturated rings. The molecule has 0 aliphatic carbocycles. The average molecular weight is 421 g/mol. The molecule has 2 heterocycles. The zero-order valence-corrected chi connectivity index (χ0v) is 17.9. The number of carbonyl (C=O) groups is 3. The molecule has 0 saturated carbocycles. The van der Waals surface area contributed by atoms with E-state index >= 15 is 0 Å². The summed E-state index contributed by atoms with van der Waals surface area (Å²) in [5, 5.41) is 3.57. The molecule has 2 aromatic rings. The van der Waals surface area contributed by atoms with Crippen molar-refractivity contribution in [2.45, 2.75) is 51.1 Å². The van der Waals surface area contributed by atoms with Gasteiger partial charge in [-0.2, -0.15) is 5.01 Å². The fourth-order valence-corrected chi connectivity index (χ4v) is 4.31. The van der Waals surface area contributed by atoms with Gasteiger partial charge in [0.2, 0.25) is 0 Å². The number of para-hydroxylation sites is 1. The number of anilines is 1. The third-order valence-corrected chi connectivity index (χ3v) is 6.23. The van der Waals surface area contributed by atoms with Crippen LogP contribution in [-0.2, 0) is 22.4 Å². The zero-order valence-electron chi connectivity index (χ0n) is 17.9. The number of hydrogen-bond donors (Lipinski definition) is 2. The molecular weight excluding hydrogens is 392 g/mol. The molecule has 2 N–H and O–H groups in total. The Balaban J connectivity index is 1.40. The number of nitrogens with one attached hydrogen (secondary N) is 2. The maximum absolute atomic E-state index is 13.0. The molecule has 2 unspecified atom stereocenters. The van der Waals surface area contributed by atoms with Gasteiger partial charge >= 0.3 is 6.03 Å². The highest BCUT2D eigenvalue weighted by Crippen LogP contribution is 2.30. The van der Waals surface area contributed by atoms with Gasteiger partial charge < -0.3 is 10.2 Å². The van der Waals surface area contributed by atoms with E-state index in [1.54, 1.807) is 6.92 Å². The number of hydrazine groups is 1. The first-order valence-corrected chi connectivity index (χ1v) is 10.7. The van der Waals surface area contributed by atoms with Gasteiger partial charge in [-0.1, -0.05) is 48.5 Å². The molecule has 2 aromatic carbocycles. The van der Waals surface area contributed by atoms with Crippen LogP contribution in [0.15, 0.2) is 54.6 Å². The molecule has 2 atom stereocenters. The van der Waals surface area contributed by atoms with E-state index in [0.717, 1.165) is 29.1 Å². The standard InChI is InChI=1S/C24H28N4O3/c1-17-12-13-19-10-6-7-11-20(19)27(17)16-21(29)26-28-22(30)24(2,25-23(28)31)15-14-18-8-4-3-5-9-18/h3-11,17H,12-16H2,1-2H3,(H,25,31)(H,26,29). The molecule has 0 aromatic heterocycles. The van der Waals surface area contributed by atoms with Crippen LogP contribution in [-0.4, -0.2) is 41.0 Å². The lowest BCUT2D eigenvalue weighted by molar-refractivity contribution is -0.138. The van der Waals surface area contributed by atoms with Gasteiger partial charge in [-0.25, -0.2) is 4.79 Å². The summed E-state index contributed by atoms with van der Waals surface area (Å²) in [6, 6.07) is 17.4. The van der Waals surface area contributed by atoms with Crippen molar-refractivity contribution in [1.29, 1.82) is 0 Å². The van der Waals surface area contributed by atoms with Crippen molar-refractivity contribution >= 4 is 23.5 Å². The number of amides is 4. The Hall–Kier alpha value is -3.35. The minimum atomic E-state index is -1.05. The maximum atomic E-state index is 13.0. The van der Waals surface area contributed by atoms with E-state index in [0.29, 0.717) is 12.8 Å². The first-order valence-electron chi connectivity index (χ1n) is 10.7. The Morgan fingerprint density at radius 2 is 1.84 bits per heavy atom. The smallest absolute Gasteiger partial charge is 0.344 e. The highest BCUT2D eigenvalue weighted by Gasteiger charge is 2.48. The predicted octanol–water partition coefficient (Wildman–Crippen LogP) is 2.80. The first kappa shape index (κ1) is 20.9. The summed E-state index contributed by atoms with van der Waals surface area (Å²) in [5.41, 5.74) is 4.79. The lowest BCUT2D eigenvalue weighted by Gasteiger charge is -2.36. The van der Waals surface area contributed by atoms with E-state index in [2.05, 4.69) is 23.7 Å². The number of imide groups is 1. The number of carbonyl (C=O) groups excluding carboxylic acids is 3. The Kier molecular flexibility index (Phi) is 5.67. The molecule has 7 heteroatoms. The molecule has 4 amide bonds. The second-order valence-electron chi connectivity index (χ2n) is 8.57. The van der Waals surface area contributed by atoms with Crippen molar-refractivity contribution < 1.29 is 14.4 Å². The van der Waals surface area contributed by atoms with Gasteiger partial charge in [-0.05, 0) is 56.7 Å². The van der Waals surface area contributed by atoms with E-state index in [-0.39, 0.29) is 18.5 Å². The molecule has 7 nitrogen and oxygen atoms in total. The second kappa shape index (κ2) is 8.41. The van der Waals surface area contributed by atoms with Crippen LogP contribution < -0.4 is 15.6 Å². The number of nitrogens with zero attached hydrogens (tertiary/aromatic N) is 2. The van der Waals surface area contributed by atoms with E-state index < -0.39 is 17.5 Å². The molecule has 1 saturated heterocycles. The number of aryl methyl sites for hydroxylation is 2. The van der Waals surface area contributed by atoms with Crippen LogP contribution in [0.4, 0.5) is 10.5 Å². The van der Waals surface area contributed by atoms with Crippen LogP contribution >= 0.6 is 0 Å². The summed E-state index contributed by atoms with van der Waals surface area (Å²) < 4.78 is 0. The molecule has 2 aliphatic rings. The number of benzene rings is 2. The number of fused-ring (bicyclic) bond motifs is 1. The topological polar surface area (TPSA) is 81.8 Å². The Bertz CT molecular complexity index is 993. The minimum Gasteiger partial charge on any atom is -0.359 e. The summed E-state index contributed by atoms with van der Waals surface area (Å²) in [7, 11) is 0. The van der Waals surface area contributed by atoms with E-state index in [1.165, 1.54) is 5.56 Å². The molecular formula is C24H28N4O3. The SMILES string of the molecule is CC1CCc2ccccc2N1CC(=O)NN1C(=O)NC(C)(CCc2ccccc2)C1=O. The van der Waals surface area contributed by atoms with Crippen molar-refractivity contribution in [2.75, 3.05) is 11.4 Å². The Labute approximate surface area is 182 Å². The summed E-state index contributed by atoms with van der Waals surface area (Å²) in [6.45, 7) is 3.86. The maximum Gasteiger partial charge on any atom is 0.344 e. The lowest BCUT2D eigenvalue weighted by Crippen LogP contribution is -2.52. The third kappa shape index (κ3) is 4.26. The predicted molar refractivity (Wildman–Crippen MR) is 118 cm³/mol. The Morgan fingerprint density at radius 3 is 2.61 bits per heavy atom. The van der Waals surface area contributed by atoms with Crippen LogP contribution in [0.3, 0.4) is 0 Å². The molecule has 162 valence electrons. The first-order chi connectivity index (χ1) is 14.9. The van der Waals surface area contributed by atoms with Gasteiger partial charge in [0.05, 0.1) is 6.54 Å². The summed E-state index contributed by atoms with van der Waals surface area (Å²) >= 11 is 0. The summed E-state index contributed by atoms with van der Waals surface area (Å²) in [4.78, 5) is 40.2. The fourth-order valence-electron chi connectivity index (χ4n) is 4.31.